The summed E-state index contributed by atoms with van der Waals surface area (Å²) in [5.41, 5.74) is 0.701. The molecule has 0 bridgehead atoms. The van der Waals surface area contributed by atoms with Gasteiger partial charge in [0.1, 0.15) is 0 Å². The fourth-order valence-electron chi connectivity index (χ4n) is 1.51. The van der Waals surface area contributed by atoms with Crippen molar-refractivity contribution in [2.75, 3.05) is 0 Å². The summed E-state index contributed by atoms with van der Waals surface area (Å²) >= 11 is 5.73. The van der Waals surface area contributed by atoms with Crippen molar-refractivity contribution in [3.63, 3.8) is 0 Å². The zero-order chi connectivity index (χ0) is 11.5. The van der Waals surface area contributed by atoms with Crippen LogP contribution in [0.15, 0.2) is 42.7 Å². The second-order valence-electron chi connectivity index (χ2n) is 3.39. The molecule has 16 heavy (non-hydrogen) atoms. The van der Waals surface area contributed by atoms with Crippen molar-refractivity contribution in [2.45, 2.75) is 6.54 Å². The number of benzene rings is 1. The Balaban J connectivity index is 2.36. The molecule has 1 aromatic heterocycles. The van der Waals surface area contributed by atoms with Crippen LogP contribution in [0, 0.1) is 10.1 Å². The van der Waals surface area contributed by atoms with Gasteiger partial charge >= 0.3 is 0 Å². The lowest BCUT2D eigenvalue weighted by molar-refractivity contribution is -0.385. The van der Waals surface area contributed by atoms with E-state index in [-0.39, 0.29) is 5.69 Å². The maximum atomic E-state index is 10.8. The smallest absolute Gasteiger partial charge is 0.275 e. The standard InChI is InChI=1S/C11H9ClN2O2/c12-10-4-3-9(11(7-10)14(15)16)8-13-5-1-2-6-13/h1-7H,8H2. The van der Waals surface area contributed by atoms with Crippen LogP contribution in [-0.4, -0.2) is 9.49 Å². The predicted octanol–water partition coefficient (Wildman–Crippen LogP) is 3.10. The number of rotatable bonds is 3. The minimum absolute atomic E-state index is 0.0567. The van der Waals surface area contributed by atoms with Crippen molar-refractivity contribution >= 4 is 17.3 Å². The van der Waals surface area contributed by atoms with E-state index in [0.29, 0.717) is 17.1 Å². The van der Waals surface area contributed by atoms with E-state index in [0.717, 1.165) is 0 Å². The van der Waals surface area contributed by atoms with Gasteiger partial charge in [0.25, 0.3) is 5.69 Å². The van der Waals surface area contributed by atoms with E-state index in [4.69, 9.17) is 11.6 Å². The number of nitro groups is 1. The lowest BCUT2D eigenvalue weighted by atomic mass is 10.2. The van der Waals surface area contributed by atoms with Gasteiger partial charge in [-0.05, 0) is 24.3 Å². The Kier molecular flexibility index (Phi) is 2.92. The van der Waals surface area contributed by atoms with Crippen molar-refractivity contribution in [3.8, 4) is 0 Å². The first-order valence-corrected chi connectivity index (χ1v) is 5.08. The fourth-order valence-corrected chi connectivity index (χ4v) is 1.68. The van der Waals surface area contributed by atoms with Crippen LogP contribution in [0.4, 0.5) is 5.69 Å². The fraction of sp³-hybridized carbons (Fsp3) is 0.0909. The predicted molar refractivity (Wildman–Crippen MR) is 61.6 cm³/mol. The SMILES string of the molecule is O=[N+]([O-])c1cc(Cl)ccc1Cn1cccc1. The Morgan fingerprint density at radius 3 is 2.62 bits per heavy atom. The van der Waals surface area contributed by atoms with Crippen LogP contribution in [0.5, 0.6) is 0 Å². The van der Waals surface area contributed by atoms with Gasteiger partial charge in [0, 0.05) is 29.0 Å². The summed E-state index contributed by atoms with van der Waals surface area (Å²) in [6.07, 6.45) is 3.72. The molecule has 2 rings (SSSR count). The molecule has 0 saturated carbocycles. The molecule has 0 saturated heterocycles. The molecule has 0 fully saturated rings. The Hall–Kier alpha value is -1.81. The Bertz CT molecular complexity index is 509. The van der Waals surface area contributed by atoms with Crippen molar-refractivity contribution in [2.24, 2.45) is 0 Å². The van der Waals surface area contributed by atoms with Crippen molar-refractivity contribution in [1.82, 2.24) is 4.57 Å². The van der Waals surface area contributed by atoms with Crippen LogP contribution in [0.2, 0.25) is 5.02 Å². The molecule has 0 atom stereocenters. The molecule has 1 heterocycles. The second kappa shape index (κ2) is 4.37. The van der Waals surface area contributed by atoms with Crippen LogP contribution < -0.4 is 0 Å². The van der Waals surface area contributed by atoms with Gasteiger partial charge in [-0.3, -0.25) is 10.1 Å². The van der Waals surface area contributed by atoms with Gasteiger partial charge in [0.2, 0.25) is 0 Å². The molecule has 0 aliphatic heterocycles. The van der Waals surface area contributed by atoms with Crippen molar-refractivity contribution < 1.29 is 4.92 Å². The van der Waals surface area contributed by atoms with E-state index in [9.17, 15) is 10.1 Å². The first-order chi connectivity index (χ1) is 7.66. The van der Waals surface area contributed by atoms with Gasteiger partial charge in [-0.15, -0.1) is 0 Å². The van der Waals surface area contributed by atoms with E-state index in [1.54, 1.807) is 12.1 Å². The van der Waals surface area contributed by atoms with Gasteiger partial charge in [-0.1, -0.05) is 11.6 Å². The lowest BCUT2D eigenvalue weighted by Gasteiger charge is -2.04. The van der Waals surface area contributed by atoms with E-state index in [1.165, 1.54) is 6.07 Å². The highest BCUT2D eigenvalue weighted by Gasteiger charge is 2.13. The van der Waals surface area contributed by atoms with Gasteiger partial charge < -0.3 is 4.57 Å². The number of nitrogens with zero attached hydrogens (tertiary/aromatic N) is 2. The average Bonchev–Trinajstić information content (AvgIpc) is 2.73. The number of hydrogen-bond acceptors (Lipinski definition) is 2. The summed E-state index contributed by atoms with van der Waals surface area (Å²) < 4.78 is 1.87. The van der Waals surface area contributed by atoms with Crippen LogP contribution >= 0.6 is 11.6 Å². The normalized spacial score (nSPS) is 10.3. The molecule has 0 N–H and O–H groups in total. The average molecular weight is 237 g/mol. The van der Waals surface area contributed by atoms with Crippen molar-refractivity contribution in [3.05, 3.63) is 63.4 Å². The highest BCUT2D eigenvalue weighted by atomic mass is 35.5. The number of halogens is 1. The maximum absolute atomic E-state index is 10.8. The number of hydrogen-bond donors (Lipinski definition) is 0. The molecule has 1 aromatic carbocycles. The third-order valence-corrected chi connectivity index (χ3v) is 2.50. The minimum atomic E-state index is -0.412. The molecule has 4 nitrogen and oxygen atoms in total. The van der Waals surface area contributed by atoms with Crippen LogP contribution in [0.1, 0.15) is 5.56 Å². The van der Waals surface area contributed by atoms with E-state index in [2.05, 4.69) is 0 Å². The van der Waals surface area contributed by atoms with E-state index >= 15 is 0 Å². The maximum Gasteiger partial charge on any atom is 0.275 e. The molecule has 0 spiro atoms. The Morgan fingerprint density at radius 2 is 2.00 bits per heavy atom. The number of aromatic nitrogens is 1. The summed E-state index contributed by atoms with van der Waals surface area (Å²) in [4.78, 5) is 10.4. The van der Waals surface area contributed by atoms with Gasteiger partial charge in [-0.25, -0.2) is 0 Å². The van der Waals surface area contributed by atoms with Gasteiger partial charge in [0.05, 0.1) is 11.5 Å². The van der Waals surface area contributed by atoms with Crippen LogP contribution in [0.3, 0.4) is 0 Å². The summed E-state index contributed by atoms with van der Waals surface area (Å²) in [6, 6.07) is 8.47. The van der Waals surface area contributed by atoms with E-state index < -0.39 is 4.92 Å². The summed E-state index contributed by atoms with van der Waals surface area (Å²) in [7, 11) is 0. The molecule has 0 aliphatic carbocycles. The summed E-state index contributed by atoms with van der Waals surface area (Å²) in [5.74, 6) is 0. The molecule has 2 aromatic rings. The molecular weight excluding hydrogens is 228 g/mol. The quantitative estimate of drug-likeness (QED) is 0.607. The molecule has 0 radical (unpaired) electrons. The first kappa shape index (κ1) is 10.7. The molecular formula is C11H9ClN2O2. The number of nitro benzene ring substituents is 1. The molecule has 82 valence electrons. The topological polar surface area (TPSA) is 48.1 Å². The van der Waals surface area contributed by atoms with Gasteiger partial charge in [-0.2, -0.15) is 0 Å². The van der Waals surface area contributed by atoms with Gasteiger partial charge in [0.15, 0.2) is 0 Å². The largest absolute Gasteiger partial charge is 0.350 e. The van der Waals surface area contributed by atoms with Crippen LogP contribution in [0.25, 0.3) is 0 Å². The lowest BCUT2D eigenvalue weighted by Crippen LogP contribution is -2.01. The molecule has 0 aliphatic rings. The molecule has 0 unspecified atom stereocenters. The Labute approximate surface area is 97.2 Å². The second-order valence-corrected chi connectivity index (χ2v) is 3.82. The third kappa shape index (κ3) is 2.23. The summed E-state index contributed by atoms with van der Waals surface area (Å²) in [6.45, 7) is 0.473. The molecule has 5 heteroatoms. The van der Waals surface area contributed by atoms with Crippen LogP contribution in [-0.2, 0) is 6.54 Å². The molecule has 0 amide bonds. The first-order valence-electron chi connectivity index (χ1n) is 4.70. The third-order valence-electron chi connectivity index (χ3n) is 2.26. The Morgan fingerprint density at radius 1 is 1.31 bits per heavy atom. The zero-order valence-electron chi connectivity index (χ0n) is 8.34. The summed E-state index contributed by atoms with van der Waals surface area (Å²) in [5, 5.41) is 11.2. The minimum Gasteiger partial charge on any atom is -0.350 e. The monoisotopic (exact) mass is 236 g/mol. The highest BCUT2D eigenvalue weighted by molar-refractivity contribution is 6.30. The van der Waals surface area contributed by atoms with E-state index in [1.807, 2.05) is 29.1 Å². The van der Waals surface area contributed by atoms with Crippen molar-refractivity contribution in [1.29, 1.82) is 0 Å². The highest BCUT2D eigenvalue weighted by Crippen LogP contribution is 2.23. The zero-order valence-corrected chi connectivity index (χ0v) is 9.09.